The molecule has 0 aliphatic carbocycles. The molecule has 4 rings (SSSR count). The molecule has 0 atom stereocenters. The van der Waals surface area contributed by atoms with E-state index < -0.39 is 0 Å². The highest BCUT2D eigenvalue weighted by Crippen LogP contribution is 2.27. The average Bonchev–Trinajstić information content (AvgIpc) is 3.12. The first-order chi connectivity index (χ1) is 10.7. The topological polar surface area (TPSA) is 69.1 Å². The summed E-state index contributed by atoms with van der Waals surface area (Å²) >= 11 is 1.54. The Morgan fingerprint density at radius 3 is 2.86 bits per heavy atom. The highest BCUT2D eigenvalue weighted by molar-refractivity contribution is 7.98. The second-order valence-electron chi connectivity index (χ2n) is 5.04. The number of aryl methyl sites for hydroxylation is 2. The third kappa shape index (κ3) is 2.14. The summed E-state index contributed by atoms with van der Waals surface area (Å²) in [6, 6.07) is 10.3. The van der Waals surface area contributed by atoms with Crippen molar-refractivity contribution in [2.45, 2.75) is 24.8 Å². The predicted molar refractivity (Wildman–Crippen MR) is 83.8 cm³/mol. The maximum absolute atomic E-state index is 5.14. The highest BCUT2D eigenvalue weighted by Gasteiger charge is 2.13. The van der Waals surface area contributed by atoms with Gasteiger partial charge < -0.3 is 4.52 Å². The number of thioether (sulfide) groups is 1. The Morgan fingerprint density at radius 1 is 1.18 bits per heavy atom. The van der Waals surface area contributed by atoms with Gasteiger partial charge in [0.05, 0.1) is 11.3 Å². The summed E-state index contributed by atoms with van der Waals surface area (Å²) in [7, 11) is 0. The SMILES string of the molecule is Cc1noc(CSc2nnc3cc(C)c4ccccc4n23)n1. The van der Waals surface area contributed by atoms with Gasteiger partial charge in [0.1, 0.15) is 0 Å². The zero-order valence-corrected chi connectivity index (χ0v) is 13.0. The van der Waals surface area contributed by atoms with Crippen LogP contribution >= 0.6 is 11.8 Å². The van der Waals surface area contributed by atoms with Gasteiger partial charge in [0, 0.05) is 5.39 Å². The minimum Gasteiger partial charge on any atom is -0.338 e. The fourth-order valence-electron chi connectivity index (χ4n) is 2.49. The second kappa shape index (κ2) is 5.10. The molecular weight excluding hydrogens is 298 g/mol. The molecule has 7 heteroatoms. The number of benzene rings is 1. The Bertz CT molecular complexity index is 975. The first kappa shape index (κ1) is 13.3. The molecule has 0 aliphatic heterocycles. The normalized spacial score (nSPS) is 11.5. The number of aromatic nitrogens is 5. The van der Waals surface area contributed by atoms with Crippen LogP contribution in [0.25, 0.3) is 16.6 Å². The third-order valence-electron chi connectivity index (χ3n) is 3.47. The van der Waals surface area contributed by atoms with Crippen molar-refractivity contribution < 1.29 is 4.52 Å². The quantitative estimate of drug-likeness (QED) is 0.541. The van der Waals surface area contributed by atoms with E-state index in [9.17, 15) is 0 Å². The largest absolute Gasteiger partial charge is 0.338 e. The van der Waals surface area contributed by atoms with Crippen LogP contribution < -0.4 is 0 Å². The lowest BCUT2D eigenvalue weighted by atomic mass is 10.1. The molecule has 0 bridgehead atoms. The van der Waals surface area contributed by atoms with Crippen LogP contribution in [-0.4, -0.2) is 24.7 Å². The first-order valence-electron chi connectivity index (χ1n) is 6.88. The molecule has 3 aromatic heterocycles. The summed E-state index contributed by atoms with van der Waals surface area (Å²) in [6.45, 7) is 3.89. The summed E-state index contributed by atoms with van der Waals surface area (Å²) in [5, 5.41) is 14.4. The molecule has 0 unspecified atom stereocenters. The van der Waals surface area contributed by atoms with Gasteiger partial charge in [0.15, 0.2) is 16.6 Å². The average molecular weight is 311 g/mol. The van der Waals surface area contributed by atoms with Crippen LogP contribution in [0.3, 0.4) is 0 Å². The van der Waals surface area contributed by atoms with E-state index in [0.29, 0.717) is 17.5 Å². The van der Waals surface area contributed by atoms with Crippen molar-refractivity contribution in [2.24, 2.45) is 0 Å². The van der Waals surface area contributed by atoms with Crippen LogP contribution in [0.4, 0.5) is 0 Å². The fourth-order valence-corrected chi connectivity index (χ4v) is 3.28. The van der Waals surface area contributed by atoms with E-state index in [1.165, 1.54) is 22.7 Å². The van der Waals surface area contributed by atoms with Gasteiger partial charge in [-0.3, -0.25) is 4.40 Å². The molecular formula is C15H13N5OS. The van der Waals surface area contributed by atoms with E-state index in [-0.39, 0.29) is 0 Å². The van der Waals surface area contributed by atoms with Gasteiger partial charge >= 0.3 is 0 Å². The standard InChI is InChI=1S/C15H13N5OS/c1-9-7-13-17-18-15(22-8-14-16-10(2)19-21-14)20(13)12-6-4-3-5-11(9)12/h3-7H,8H2,1-2H3. The molecule has 3 heterocycles. The Hall–Kier alpha value is -2.41. The van der Waals surface area contributed by atoms with Crippen LogP contribution in [0.5, 0.6) is 0 Å². The molecule has 0 spiro atoms. The minimum absolute atomic E-state index is 0.573. The van der Waals surface area contributed by atoms with Gasteiger partial charge in [-0.1, -0.05) is 35.1 Å². The van der Waals surface area contributed by atoms with Gasteiger partial charge in [-0.05, 0) is 31.5 Å². The second-order valence-corrected chi connectivity index (χ2v) is 5.99. The number of hydrogen-bond acceptors (Lipinski definition) is 6. The third-order valence-corrected chi connectivity index (χ3v) is 4.38. The summed E-state index contributed by atoms with van der Waals surface area (Å²) in [4.78, 5) is 4.21. The lowest BCUT2D eigenvalue weighted by Gasteiger charge is -2.06. The molecule has 22 heavy (non-hydrogen) atoms. The highest BCUT2D eigenvalue weighted by atomic mass is 32.2. The maximum atomic E-state index is 5.14. The fraction of sp³-hybridized carbons (Fsp3) is 0.200. The number of fused-ring (bicyclic) bond motifs is 3. The molecule has 0 saturated carbocycles. The van der Waals surface area contributed by atoms with Gasteiger partial charge in [-0.25, -0.2) is 0 Å². The van der Waals surface area contributed by atoms with Gasteiger partial charge in [0.2, 0.25) is 5.89 Å². The Kier molecular flexibility index (Phi) is 3.07. The van der Waals surface area contributed by atoms with Crippen LogP contribution in [0.2, 0.25) is 0 Å². The van der Waals surface area contributed by atoms with Crippen molar-refractivity contribution in [3.63, 3.8) is 0 Å². The van der Waals surface area contributed by atoms with E-state index in [1.807, 2.05) is 12.1 Å². The molecule has 4 aromatic rings. The molecule has 1 aromatic carbocycles. The maximum Gasteiger partial charge on any atom is 0.237 e. The smallest absolute Gasteiger partial charge is 0.237 e. The van der Waals surface area contributed by atoms with Crippen molar-refractivity contribution in [1.29, 1.82) is 0 Å². The van der Waals surface area contributed by atoms with E-state index >= 15 is 0 Å². The molecule has 0 N–H and O–H groups in total. The molecule has 0 amide bonds. The van der Waals surface area contributed by atoms with Crippen LogP contribution in [-0.2, 0) is 5.75 Å². The molecule has 0 saturated heterocycles. The van der Waals surface area contributed by atoms with E-state index in [1.54, 1.807) is 6.92 Å². The van der Waals surface area contributed by atoms with Crippen molar-refractivity contribution in [2.75, 3.05) is 0 Å². The van der Waals surface area contributed by atoms with Gasteiger partial charge in [-0.2, -0.15) is 4.98 Å². The first-order valence-corrected chi connectivity index (χ1v) is 7.86. The number of pyridine rings is 1. The van der Waals surface area contributed by atoms with Crippen LogP contribution in [0.15, 0.2) is 40.0 Å². The monoisotopic (exact) mass is 311 g/mol. The molecule has 110 valence electrons. The zero-order chi connectivity index (χ0) is 15.1. The minimum atomic E-state index is 0.573. The summed E-state index contributed by atoms with van der Waals surface area (Å²) in [5.41, 5.74) is 3.15. The van der Waals surface area contributed by atoms with Crippen LogP contribution in [0.1, 0.15) is 17.3 Å². The summed E-state index contributed by atoms with van der Waals surface area (Å²) in [6.07, 6.45) is 0. The van der Waals surface area contributed by atoms with Gasteiger partial charge in [0.25, 0.3) is 0 Å². The van der Waals surface area contributed by atoms with Crippen molar-refractivity contribution >= 4 is 28.3 Å². The number of para-hydroxylation sites is 1. The predicted octanol–water partition coefficient (Wildman–Crippen LogP) is 3.17. The van der Waals surface area contributed by atoms with E-state index in [4.69, 9.17) is 4.52 Å². The van der Waals surface area contributed by atoms with Crippen molar-refractivity contribution in [3.05, 3.63) is 47.6 Å². The Balaban J connectivity index is 1.79. The summed E-state index contributed by atoms with van der Waals surface area (Å²) < 4.78 is 7.21. The Morgan fingerprint density at radius 2 is 2.05 bits per heavy atom. The molecule has 0 fully saturated rings. The van der Waals surface area contributed by atoms with Crippen molar-refractivity contribution in [3.8, 4) is 0 Å². The van der Waals surface area contributed by atoms with Gasteiger partial charge in [-0.15, -0.1) is 10.2 Å². The van der Waals surface area contributed by atoms with Crippen molar-refractivity contribution in [1.82, 2.24) is 24.7 Å². The lowest BCUT2D eigenvalue weighted by Crippen LogP contribution is -1.93. The Labute approximate surface area is 130 Å². The molecule has 0 aliphatic rings. The molecule has 6 nitrogen and oxygen atoms in total. The zero-order valence-electron chi connectivity index (χ0n) is 12.1. The number of rotatable bonds is 3. The van der Waals surface area contributed by atoms with E-state index in [2.05, 4.69) is 49.9 Å². The van der Waals surface area contributed by atoms with E-state index in [0.717, 1.165) is 16.3 Å². The number of nitrogens with zero attached hydrogens (tertiary/aromatic N) is 5. The molecule has 0 radical (unpaired) electrons. The lowest BCUT2D eigenvalue weighted by molar-refractivity contribution is 0.387. The van der Waals surface area contributed by atoms with Crippen LogP contribution in [0, 0.1) is 13.8 Å². The number of hydrogen-bond donors (Lipinski definition) is 0. The summed E-state index contributed by atoms with van der Waals surface area (Å²) in [5.74, 6) is 1.81.